The summed E-state index contributed by atoms with van der Waals surface area (Å²) in [6.07, 6.45) is 0.555. The highest BCUT2D eigenvalue weighted by Gasteiger charge is 2.05. The van der Waals surface area contributed by atoms with Crippen LogP contribution in [0.2, 0.25) is 0 Å². The second-order valence-electron chi connectivity index (χ2n) is 2.42. The molecule has 3 heteroatoms. The molecular weight excluding hydrogens is 159 g/mol. The van der Waals surface area contributed by atoms with Gasteiger partial charge < -0.3 is 4.42 Å². The highest BCUT2D eigenvalue weighted by atomic mass is 19.1. The van der Waals surface area contributed by atoms with Gasteiger partial charge in [0.1, 0.15) is 0 Å². The topological polar surface area (TPSA) is 30.2 Å². The number of carbonyl (C=O) groups is 1. The average molecular weight is 164 g/mol. The molecule has 1 aromatic carbocycles. The maximum Gasteiger partial charge on any atom is 0.185 e. The summed E-state index contributed by atoms with van der Waals surface area (Å²) in [6.45, 7) is 0. The van der Waals surface area contributed by atoms with E-state index in [1.54, 1.807) is 12.1 Å². The molecule has 12 heavy (non-hydrogen) atoms. The number of rotatable bonds is 1. The Labute approximate surface area is 67.6 Å². The molecule has 0 saturated carbocycles. The lowest BCUT2D eigenvalue weighted by Gasteiger charge is -1.87. The van der Waals surface area contributed by atoms with Crippen molar-refractivity contribution in [3.05, 3.63) is 35.8 Å². The molecule has 0 N–H and O–H groups in total. The molecule has 0 saturated heterocycles. The largest absolute Gasteiger partial charge is 0.450 e. The first kappa shape index (κ1) is 7.03. The molecule has 0 aliphatic rings. The Morgan fingerprint density at radius 1 is 1.42 bits per heavy atom. The van der Waals surface area contributed by atoms with Crippen molar-refractivity contribution >= 4 is 17.3 Å². The van der Waals surface area contributed by atoms with E-state index in [2.05, 4.69) is 0 Å². The molecule has 2 nitrogen and oxygen atoms in total. The van der Waals surface area contributed by atoms with Crippen molar-refractivity contribution in [2.24, 2.45) is 0 Å². The van der Waals surface area contributed by atoms with E-state index in [4.69, 9.17) is 4.42 Å². The van der Waals surface area contributed by atoms with Gasteiger partial charge in [-0.15, -0.1) is 0 Å². The van der Waals surface area contributed by atoms with Crippen molar-refractivity contribution in [1.29, 1.82) is 0 Å². The predicted molar refractivity (Wildman–Crippen MR) is 41.6 cm³/mol. The lowest BCUT2D eigenvalue weighted by molar-refractivity contribution is 0.110. The van der Waals surface area contributed by atoms with Gasteiger partial charge in [0, 0.05) is 5.39 Å². The van der Waals surface area contributed by atoms with Crippen LogP contribution < -0.4 is 0 Å². The number of carbonyl (C=O) groups excluding carboxylic acids is 1. The van der Waals surface area contributed by atoms with Crippen molar-refractivity contribution < 1.29 is 13.6 Å². The van der Waals surface area contributed by atoms with Crippen LogP contribution >= 0.6 is 0 Å². The van der Waals surface area contributed by atoms with Gasteiger partial charge in [0.25, 0.3) is 0 Å². The van der Waals surface area contributed by atoms with Crippen molar-refractivity contribution in [3.63, 3.8) is 0 Å². The van der Waals surface area contributed by atoms with E-state index in [0.29, 0.717) is 11.7 Å². The smallest absolute Gasteiger partial charge is 0.185 e. The van der Waals surface area contributed by atoms with Crippen LogP contribution in [0.5, 0.6) is 0 Å². The minimum Gasteiger partial charge on any atom is -0.450 e. The second kappa shape index (κ2) is 2.44. The molecule has 0 fully saturated rings. The molecule has 1 aromatic heterocycles. The van der Waals surface area contributed by atoms with Crippen molar-refractivity contribution in [3.8, 4) is 0 Å². The zero-order valence-electron chi connectivity index (χ0n) is 6.08. The molecule has 0 aliphatic heterocycles. The number of hydrogen-bond acceptors (Lipinski definition) is 2. The molecule has 0 spiro atoms. The fourth-order valence-electron chi connectivity index (χ4n) is 1.11. The number of halogens is 1. The summed E-state index contributed by atoms with van der Waals surface area (Å²) in [4.78, 5) is 10.3. The summed E-state index contributed by atoms with van der Waals surface area (Å²) >= 11 is 0. The van der Waals surface area contributed by atoms with Crippen molar-refractivity contribution in [2.45, 2.75) is 0 Å². The Hall–Kier alpha value is -1.64. The van der Waals surface area contributed by atoms with Gasteiger partial charge in [0.05, 0.1) is 0 Å². The monoisotopic (exact) mass is 164 g/mol. The lowest BCUT2D eigenvalue weighted by atomic mass is 10.2. The first-order valence-corrected chi connectivity index (χ1v) is 3.44. The van der Waals surface area contributed by atoms with Crippen LogP contribution in [-0.4, -0.2) is 6.29 Å². The van der Waals surface area contributed by atoms with Gasteiger partial charge in [-0.3, -0.25) is 4.79 Å². The van der Waals surface area contributed by atoms with E-state index in [9.17, 15) is 9.18 Å². The number of benzene rings is 1. The van der Waals surface area contributed by atoms with E-state index >= 15 is 0 Å². The van der Waals surface area contributed by atoms with Gasteiger partial charge in [0.2, 0.25) is 0 Å². The number of fused-ring (bicyclic) bond motifs is 1. The van der Waals surface area contributed by atoms with Gasteiger partial charge in [-0.1, -0.05) is 12.1 Å². The summed E-state index contributed by atoms with van der Waals surface area (Å²) in [7, 11) is 0. The van der Waals surface area contributed by atoms with Gasteiger partial charge in [-0.25, -0.2) is 4.39 Å². The molecule has 2 aromatic rings. The van der Waals surface area contributed by atoms with E-state index in [1.807, 2.05) is 0 Å². The van der Waals surface area contributed by atoms with Crippen LogP contribution in [0.3, 0.4) is 0 Å². The molecule has 60 valence electrons. The maximum atomic E-state index is 12.9. The average Bonchev–Trinajstić information content (AvgIpc) is 2.49. The number of para-hydroxylation sites is 1. The second-order valence-corrected chi connectivity index (χ2v) is 2.42. The normalized spacial score (nSPS) is 10.4. The zero-order valence-corrected chi connectivity index (χ0v) is 6.08. The third kappa shape index (κ3) is 0.906. The first-order valence-electron chi connectivity index (χ1n) is 3.44. The summed E-state index contributed by atoms with van der Waals surface area (Å²) in [6, 6.07) is 6.06. The predicted octanol–water partition coefficient (Wildman–Crippen LogP) is 2.38. The SMILES string of the molecule is O=Cc1cc2cccc(F)c2o1. The third-order valence-electron chi connectivity index (χ3n) is 1.63. The minimum atomic E-state index is -0.444. The molecule has 2 rings (SSSR count). The highest BCUT2D eigenvalue weighted by Crippen LogP contribution is 2.20. The maximum absolute atomic E-state index is 12.9. The number of hydrogen-bond donors (Lipinski definition) is 0. The Balaban J connectivity index is 2.82. The minimum absolute atomic E-state index is 0.139. The summed E-state index contributed by atoms with van der Waals surface area (Å²) in [5.74, 6) is -0.296. The van der Waals surface area contributed by atoms with Gasteiger partial charge in [-0.2, -0.15) is 0 Å². The summed E-state index contributed by atoms with van der Waals surface area (Å²) in [5.41, 5.74) is 0.139. The van der Waals surface area contributed by atoms with E-state index in [1.165, 1.54) is 12.1 Å². The number of furan rings is 1. The van der Waals surface area contributed by atoms with Crippen LogP contribution in [0.4, 0.5) is 4.39 Å². The summed E-state index contributed by atoms with van der Waals surface area (Å²) in [5, 5.41) is 0.608. The molecular formula is C9H5FO2. The Kier molecular flexibility index (Phi) is 1.43. The van der Waals surface area contributed by atoms with Crippen molar-refractivity contribution in [2.75, 3.05) is 0 Å². The van der Waals surface area contributed by atoms with Gasteiger partial charge in [0.15, 0.2) is 23.4 Å². The van der Waals surface area contributed by atoms with Crippen molar-refractivity contribution in [1.82, 2.24) is 0 Å². The Morgan fingerprint density at radius 2 is 2.25 bits per heavy atom. The molecule has 0 aliphatic carbocycles. The molecule has 0 bridgehead atoms. The quantitative estimate of drug-likeness (QED) is 0.605. The van der Waals surface area contributed by atoms with Gasteiger partial charge >= 0.3 is 0 Å². The Bertz CT molecular complexity index is 431. The molecule has 0 amide bonds. The molecule has 0 radical (unpaired) electrons. The highest BCUT2D eigenvalue weighted by molar-refractivity contribution is 5.85. The van der Waals surface area contributed by atoms with Crippen LogP contribution in [0.25, 0.3) is 11.0 Å². The fraction of sp³-hybridized carbons (Fsp3) is 0. The summed E-state index contributed by atoms with van der Waals surface area (Å²) < 4.78 is 17.8. The van der Waals surface area contributed by atoms with Crippen LogP contribution in [-0.2, 0) is 0 Å². The van der Waals surface area contributed by atoms with E-state index in [-0.39, 0.29) is 11.3 Å². The fourth-order valence-corrected chi connectivity index (χ4v) is 1.11. The molecule has 0 atom stereocenters. The molecule has 0 unspecified atom stereocenters. The zero-order chi connectivity index (χ0) is 8.55. The standard InChI is InChI=1S/C9H5FO2/c10-8-3-1-2-6-4-7(5-11)12-9(6)8/h1-5H. The van der Waals surface area contributed by atoms with E-state index < -0.39 is 5.82 Å². The first-order chi connectivity index (χ1) is 5.81. The van der Waals surface area contributed by atoms with Crippen LogP contribution in [0, 0.1) is 5.82 Å². The van der Waals surface area contributed by atoms with Crippen LogP contribution in [0.1, 0.15) is 10.6 Å². The number of aldehydes is 1. The third-order valence-corrected chi connectivity index (χ3v) is 1.63. The van der Waals surface area contributed by atoms with Crippen LogP contribution in [0.15, 0.2) is 28.7 Å². The van der Waals surface area contributed by atoms with Gasteiger partial charge in [-0.05, 0) is 12.1 Å². The van der Waals surface area contributed by atoms with E-state index in [0.717, 1.165) is 0 Å². The molecule has 1 heterocycles. The Morgan fingerprint density at radius 3 is 2.92 bits per heavy atom. The lowest BCUT2D eigenvalue weighted by Crippen LogP contribution is -1.71.